The van der Waals surface area contributed by atoms with E-state index < -0.39 is 0 Å². The summed E-state index contributed by atoms with van der Waals surface area (Å²) in [6.45, 7) is 0. The first kappa shape index (κ1) is 12.3. The van der Waals surface area contributed by atoms with E-state index in [1.807, 2.05) is 30.3 Å². The highest BCUT2D eigenvalue weighted by Gasteiger charge is 2.39. The van der Waals surface area contributed by atoms with Gasteiger partial charge in [0.1, 0.15) is 0 Å². The van der Waals surface area contributed by atoms with Crippen molar-refractivity contribution in [3.05, 3.63) is 30.3 Å². The zero-order valence-corrected chi connectivity index (χ0v) is 10.1. The second-order valence-electron chi connectivity index (χ2n) is 4.30. The third-order valence-electron chi connectivity index (χ3n) is 2.86. The van der Waals surface area contributed by atoms with Crippen LogP contribution in [-0.4, -0.2) is 11.6 Å². The first-order chi connectivity index (χ1) is 8.74. The van der Waals surface area contributed by atoms with Gasteiger partial charge in [-0.1, -0.05) is 18.2 Å². The summed E-state index contributed by atoms with van der Waals surface area (Å²) in [5.74, 6) is 2.56. The van der Waals surface area contributed by atoms with Gasteiger partial charge in [-0.05, 0) is 12.1 Å². The number of rotatable bonds is 6. The Kier molecular flexibility index (Phi) is 3.73. The molecule has 1 aromatic rings. The van der Waals surface area contributed by atoms with Crippen molar-refractivity contribution in [1.82, 2.24) is 0 Å². The Morgan fingerprint density at radius 2 is 2.00 bits per heavy atom. The van der Waals surface area contributed by atoms with Crippen molar-refractivity contribution in [2.24, 2.45) is 10.2 Å². The van der Waals surface area contributed by atoms with Crippen LogP contribution >= 0.6 is 0 Å². The lowest BCUT2D eigenvalue weighted by Gasteiger charge is -2.09. The van der Waals surface area contributed by atoms with Crippen molar-refractivity contribution in [2.75, 3.05) is 5.32 Å². The van der Waals surface area contributed by atoms with E-state index in [2.05, 4.69) is 21.5 Å². The molecule has 4 nitrogen and oxygen atoms in total. The van der Waals surface area contributed by atoms with Gasteiger partial charge in [0.05, 0.1) is 0 Å². The zero-order chi connectivity index (χ0) is 12.8. The van der Waals surface area contributed by atoms with Gasteiger partial charge >= 0.3 is 0 Å². The van der Waals surface area contributed by atoms with Crippen LogP contribution in [0.3, 0.4) is 0 Å². The average molecular weight is 241 g/mol. The molecule has 0 saturated heterocycles. The first-order valence-electron chi connectivity index (χ1n) is 5.96. The summed E-state index contributed by atoms with van der Waals surface area (Å²) in [4.78, 5) is 11.7. The molecule has 4 heteroatoms. The van der Waals surface area contributed by atoms with Crippen LogP contribution in [0.2, 0.25) is 0 Å². The van der Waals surface area contributed by atoms with Gasteiger partial charge < -0.3 is 5.32 Å². The summed E-state index contributed by atoms with van der Waals surface area (Å²) < 4.78 is 0. The maximum atomic E-state index is 11.7. The summed E-state index contributed by atoms with van der Waals surface area (Å²) in [7, 11) is 0. The van der Waals surface area contributed by atoms with Crippen molar-refractivity contribution in [1.29, 1.82) is 0 Å². The van der Waals surface area contributed by atoms with Gasteiger partial charge in [-0.2, -0.15) is 10.2 Å². The van der Waals surface area contributed by atoms with Crippen molar-refractivity contribution in [3.63, 3.8) is 0 Å². The number of hydrogen-bond donors (Lipinski definition) is 1. The molecular weight excluding hydrogens is 226 g/mol. The normalized spacial score (nSPS) is 14.8. The smallest absolute Gasteiger partial charge is 0.224 e. The van der Waals surface area contributed by atoms with E-state index in [4.69, 9.17) is 6.42 Å². The van der Waals surface area contributed by atoms with Gasteiger partial charge in [-0.15, -0.1) is 12.3 Å². The lowest BCUT2D eigenvalue weighted by atomic mass is 10.0. The number of benzene rings is 1. The van der Waals surface area contributed by atoms with E-state index in [9.17, 15) is 4.79 Å². The lowest BCUT2D eigenvalue weighted by molar-refractivity contribution is -0.116. The molecule has 1 aromatic carbocycles. The Hall–Kier alpha value is -2.15. The van der Waals surface area contributed by atoms with Crippen LogP contribution in [0.25, 0.3) is 0 Å². The van der Waals surface area contributed by atoms with Crippen LogP contribution in [0.1, 0.15) is 25.7 Å². The van der Waals surface area contributed by atoms with Crippen molar-refractivity contribution in [2.45, 2.75) is 31.3 Å². The zero-order valence-electron chi connectivity index (χ0n) is 10.1. The quantitative estimate of drug-likeness (QED) is 0.765. The van der Waals surface area contributed by atoms with Gasteiger partial charge in [0.2, 0.25) is 5.91 Å². The predicted molar refractivity (Wildman–Crippen MR) is 70.0 cm³/mol. The highest BCUT2D eigenvalue weighted by Crippen LogP contribution is 2.37. The third-order valence-corrected chi connectivity index (χ3v) is 2.86. The molecule has 2 rings (SSSR count). The van der Waals surface area contributed by atoms with Gasteiger partial charge in [0, 0.05) is 31.4 Å². The molecule has 92 valence electrons. The van der Waals surface area contributed by atoms with Crippen LogP contribution in [0.15, 0.2) is 40.6 Å². The largest absolute Gasteiger partial charge is 0.326 e. The predicted octanol–water partition coefficient (Wildman–Crippen LogP) is 2.98. The monoisotopic (exact) mass is 241 g/mol. The minimum atomic E-state index is -0.375. The van der Waals surface area contributed by atoms with Crippen molar-refractivity contribution < 1.29 is 4.79 Å². The van der Waals surface area contributed by atoms with Crippen LogP contribution in [0, 0.1) is 12.3 Å². The number of nitrogens with zero attached hydrogens (tertiary/aromatic N) is 2. The molecule has 0 saturated carbocycles. The fourth-order valence-electron chi connectivity index (χ4n) is 1.73. The number of carbonyl (C=O) groups is 1. The van der Waals surface area contributed by atoms with E-state index in [0.29, 0.717) is 19.3 Å². The summed E-state index contributed by atoms with van der Waals surface area (Å²) in [5, 5.41) is 10.8. The molecular formula is C14H15N3O. The fraction of sp³-hybridized carbons (Fsp3) is 0.357. The SMILES string of the molecule is C#CCCC1(CCC(=O)Nc2ccccc2)N=N1. The number of hydrogen-bond acceptors (Lipinski definition) is 3. The molecule has 0 radical (unpaired) electrons. The molecule has 0 spiro atoms. The molecule has 1 heterocycles. The fourth-order valence-corrected chi connectivity index (χ4v) is 1.73. The van der Waals surface area contributed by atoms with Gasteiger partial charge in [-0.25, -0.2) is 0 Å². The first-order valence-corrected chi connectivity index (χ1v) is 5.96. The molecule has 0 bridgehead atoms. The van der Waals surface area contributed by atoms with E-state index in [0.717, 1.165) is 12.1 Å². The van der Waals surface area contributed by atoms with Crippen LogP contribution in [0.5, 0.6) is 0 Å². The number of anilines is 1. The summed E-state index contributed by atoms with van der Waals surface area (Å²) in [6, 6.07) is 9.40. The molecule has 18 heavy (non-hydrogen) atoms. The van der Waals surface area contributed by atoms with Crippen molar-refractivity contribution in [3.8, 4) is 12.3 Å². The van der Waals surface area contributed by atoms with Gasteiger partial charge in [-0.3, -0.25) is 4.79 Å². The molecule has 0 aliphatic carbocycles. The Labute approximate surface area is 107 Å². The summed E-state index contributed by atoms with van der Waals surface area (Å²) in [5.41, 5.74) is 0.435. The third kappa shape index (κ3) is 3.42. The Bertz CT molecular complexity index is 482. The topological polar surface area (TPSA) is 53.8 Å². The highest BCUT2D eigenvalue weighted by atomic mass is 16.1. The maximum Gasteiger partial charge on any atom is 0.224 e. The standard InChI is InChI=1S/C14H15N3O/c1-2-3-10-14(16-17-14)11-9-13(18)15-12-7-5-4-6-8-12/h1,4-8H,3,9-11H2,(H,15,18). The number of carbonyl (C=O) groups excluding carboxylic acids is 1. The van der Waals surface area contributed by atoms with Gasteiger partial charge in [0.15, 0.2) is 5.66 Å². The molecule has 0 unspecified atom stereocenters. The number of amides is 1. The van der Waals surface area contributed by atoms with E-state index in [-0.39, 0.29) is 11.6 Å². The minimum absolute atomic E-state index is 0.0152. The summed E-state index contributed by atoms with van der Waals surface area (Å²) in [6.07, 6.45) is 7.63. The molecule has 0 atom stereocenters. The molecule has 0 aromatic heterocycles. The Morgan fingerprint density at radius 3 is 2.61 bits per heavy atom. The molecule has 0 fully saturated rings. The van der Waals surface area contributed by atoms with E-state index in [1.54, 1.807) is 0 Å². The average Bonchev–Trinajstić information content (AvgIpc) is 3.16. The minimum Gasteiger partial charge on any atom is -0.326 e. The molecule has 1 aliphatic heterocycles. The molecule has 1 N–H and O–H groups in total. The lowest BCUT2D eigenvalue weighted by Crippen LogP contribution is -2.17. The molecule has 1 amide bonds. The Balaban J connectivity index is 1.74. The summed E-state index contributed by atoms with van der Waals surface area (Å²) >= 11 is 0. The Morgan fingerprint density at radius 1 is 1.28 bits per heavy atom. The maximum absolute atomic E-state index is 11.7. The van der Waals surface area contributed by atoms with Crippen molar-refractivity contribution >= 4 is 11.6 Å². The van der Waals surface area contributed by atoms with Crippen LogP contribution in [-0.2, 0) is 4.79 Å². The molecule has 1 aliphatic rings. The second-order valence-corrected chi connectivity index (χ2v) is 4.30. The number of terminal acetylenes is 1. The number of nitrogens with one attached hydrogen (secondary N) is 1. The second kappa shape index (κ2) is 5.46. The van der Waals surface area contributed by atoms with E-state index >= 15 is 0 Å². The van der Waals surface area contributed by atoms with Crippen LogP contribution < -0.4 is 5.32 Å². The van der Waals surface area contributed by atoms with Gasteiger partial charge in [0.25, 0.3) is 0 Å². The van der Waals surface area contributed by atoms with Crippen LogP contribution in [0.4, 0.5) is 5.69 Å². The van der Waals surface area contributed by atoms with E-state index in [1.165, 1.54) is 0 Å². The highest BCUT2D eigenvalue weighted by molar-refractivity contribution is 5.90. The number of para-hydroxylation sites is 1.